The first kappa shape index (κ1) is 17.6. The molecule has 0 saturated carbocycles. The predicted octanol–water partition coefficient (Wildman–Crippen LogP) is -2.25. The van der Waals surface area contributed by atoms with Gasteiger partial charge in [-0.05, 0) is 0 Å². The van der Waals surface area contributed by atoms with E-state index < -0.39 is 42.6 Å². The summed E-state index contributed by atoms with van der Waals surface area (Å²) < 4.78 is 9.27. The van der Waals surface area contributed by atoms with Crippen LogP contribution in [0.15, 0.2) is 23.3 Å². The van der Waals surface area contributed by atoms with E-state index in [1.165, 1.54) is 26.8 Å². The third-order valence-electron chi connectivity index (χ3n) is 3.33. The zero-order chi connectivity index (χ0) is 17.4. The van der Waals surface area contributed by atoms with Crippen LogP contribution in [0.4, 0.5) is 0 Å². The van der Waals surface area contributed by atoms with E-state index in [1.807, 2.05) is 0 Å². The van der Waals surface area contributed by atoms with Gasteiger partial charge in [0.25, 0.3) is 0 Å². The molecular weight excluding hydrogens is 417 g/mol. The summed E-state index contributed by atoms with van der Waals surface area (Å²) in [5, 5.41) is 3.10. The number of ether oxygens (including phenoxy) is 2. The molecule has 0 aromatic carbocycles. The zero-order valence-corrected chi connectivity index (χ0v) is 15.3. The number of halogens is 1. The van der Waals surface area contributed by atoms with Crippen LogP contribution in [0.3, 0.4) is 0 Å². The number of carbonyl (C=O) groups is 4. The standard InChI is InChI=1S/C15H17INO6/c1-7(18)16-15(4)14(21)10-5-12(22-8(2)19)13(23-9(3)20)6-11(10)17-15/h6,10,17H,5H2,1-4H3/q-1. The summed E-state index contributed by atoms with van der Waals surface area (Å²) in [7, 11) is 0. The van der Waals surface area contributed by atoms with Gasteiger partial charge in [0.1, 0.15) is 0 Å². The van der Waals surface area contributed by atoms with Crippen LogP contribution in [0.5, 0.6) is 0 Å². The first-order valence-corrected chi connectivity index (χ1v) is 9.08. The quantitative estimate of drug-likeness (QED) is 0.176. The fourth-order valence-corrected chi connectivity index (χ4v) is 5.19. The summed E-state index contributed by atoms with van der Waals surface area (Å²) in [5.74, 6) is -1.46. The second kappa shape index (κ2) is 6.42. The fourth-order valence-electron chi connectivity index (χ4n) is 2.58. The Morgan fingerprint density at radius 2 is 1.83 bits per heavy atom. The van der Waals surface area contributed by atoms with E-state index >= 15 is 0 Å². The van der Waals surface area contributed by atoms with Crippen molar-refractivity contribution in [2.75, 3.05) is 0 Å². The molecule has 0 aromatic heterocycles. The SMILES string of the molecule is CC(=O)OC1=C(OC(C)=O)CC2C(=O)C(C)([I-]C(C)=O)NC2=C1. The number of carbonyl (C=O) groups excluding carboxylic acids is 4. The van der Waals surface area contributed by atoms with Gasteiger partial charge < -0.3 is 0 Å². The maximum absolute atomic E-state index is 12.7. The molecule has 23 heavy (non-hydrogen) atoms. The van der Waals surface area contributed by atoms with Crippen LogP contribution < -0.4 is 26.5 Å². The van der Waals surface area contributed by atoms with Crippen molar-refractivity contribution >= 4 is 21.5 Å². The van der Waals surface area contributed by atoms with Crippen molar-refractivity contribution in [1.29, 1.82) is 0 Å². The van der Waals surface area contributed by atoms with E-state index in [1.54, 1.807) is 6.92 Å². The van der Waals surface area contributed by atoms with E-state index in [4.69, 9.17) is 9.47 Å². The monoisotopic (exact) mass is 434 g/mol. The molecule has 126 valence electrons. The summed E-state index contributed by atoms with van der Waals surface area (Å²) in [4.78, 5) is 46.6. The summed E-state index contributed by atoms with van der Waals surface area (Å²) in [6.07, 6.45) is 1.62. The summed E-state index contributed by atoms with van der Waals surface area (Å²) in [6.45, 7) is 5.65. The van der Waals surface area contributed by atoms with Crippen LogP contribution in [-0.2, 0) is 28.7 Å². The van der Waals surface area contributed by atoms with Crippen LogP contribution in [0, 0.1) is 5.92 Å². The minimum atomic E-state index is -1.04. The van der Waals surface area contributed by atoms with Gasteiger partial charge in [0.2, 0.25) is 0 Å². The Morgan fingerprint density at radius 3 is 2.35 bits per heavy atom. The molecule has 0 aromatic rings. The molecule has 8 heteroatoms. The first-order valence-electron chi connectivity index (χ1n) is 6.93. The number of nitrogens with one attached hydrogen (secondary N) is 1. The van der Waals surface area contributed by atoms with Crippen molar-refractivity contribution in [3.63, 3.8) is 0 Å². The number of fused-ring (bicyclic) bond motifs is 1. The molecule has 0 amide bonds. The zero-order valence-electron chi connectivity index (χ0n) is 13.2. The number of ketones is 1. The Bertz CT molecular complexity index is 665. The van der Waals surface area contributed by atoms with E-state index in [2.05, 4.69) is 5.32 Å². The maximum atomic E-state index is 12.7. The molecular formula is C15H17INO6-. The topological polar surface area (TPSA) is 98.8 Å². The van der Waals surface area contributed by atoms with Crippen LogP contribution in [0.2, 0.25) is 0 Å². The summed E-state index contributed by atoms with van der Waals surface area (Å²) in [5.41, 5.74) is 0.589. The van der Waals surface area contributed by atoms with Crippen LogP contribution in [0.25, 0.3) is 0 Å². The van der Waals surface area contributed by atoms with Crippen LogP contribution >= 0.6 is 0 Å². The predicted molar refractivity (Wildman–Crippen MR) is 74.0 cm³/mol. The minimum absolute atomic E-state index is 0.000208. The van der Waals surface area contributed by atoms with Crippen molar-refractivity contribution in [3.05, 3.63) is 23.3 Å². The van der Waals surface area contributed by atoms with Gasteiger partial charge >= 0.3 is 144 Å². The van der Waals surface area contributed by atoms with Gasteiger partial charge in [-0.3, -0.25) is 0 Å². The Kier molecular flexibility index (Phi) is 4.92. The van der Waals surface area contributed by atoms with E-state index in [0.29, 0.717) is 5.70 Å². The second-order valence-corrected chi connectivity index (χ2v) is 9.60. The van der Waals surface area contributed by atoms with Gasteiger partial charge in [-0.2, -0.15) is 0 Å². The number of Topliss-reactive ketones (excluding diaryl/α,β-unsaturated/α-hetero) is 1. The molecule has 0 spiro atoms. The molecule has 1 N–H and O–H groups in total. The number of allylic oxidation sites excluding steroid dienone is 3. The molecule has 1 fully saturated rings. The van der Waals surface area contributed by atoms with Crippen LogP contribution in [0.1, 0.15) is 34.1 Å². The Balaban J connectivity index is 2.34. The van der Waals surface area contributed by atoms with Crippen molar-refractivity contribution in [1.82, 2.24) is 5.32 Å². The molecule has 0 bridgehead atoms. The molecule has 1 heterocycles. The summed E-state index contributed by atoms with van der Waals surface area (Å²) >= 11 is -1.04. The number of rotatable bonds is 4. The fraction of sp³-hybridized carbons (Fsp3) is 0.467. The molecule has 1 aliphatic heterocycles. The molecule has 2 unspecified atom stereocenters. The van der Waals surface area contributed by atoms with Crippen molar-refractivity contribution in [3.8, 4) is 0 Å². The Labute approximate surface area is 143 Å². The number of hydrogen-bond donors (Lipinski definition) is 1. The van der Waals surface area contributed by atoms with E-state index in [-0.39, 0.29) is 27.5 Å². The van der Waals surface area contributed by atoms with Gasteiger partial charge in [-0.1, -0.05) is 0 Å². The Morgan fingerprint density at radius 1 is 1.22 bits per heavy atom. The van der Waals surface area contributed by atoms with Crippen molar-refractivity contribution < 1.29 is 49.9 Å². The average Bonchev–Trinajstić information content (AvgIpc) is 2.60. The third kappa shape index (κ3) is 3.80. The van der Waals surface area contributed by atoms with Gasteiger partial charge in [0.05, 0.1) is 0 Å². The normalized spacial score (nSPS) is 26.3. The van der Waals surface area contributed by atoms with Gasteiger partial charge in [-0.15, -0.1) is 0 Å². The molecule has 0 radical (unpaired) electrons. The van der Waals surface area contributed by atoms with Gasteiger partial charge in [0.15, 0.2) is 0 Å². The third-order valence-corrected chi connectivity index (χ3v) is 5.97. The molecule has 2 aliphatic rings. The molecule has 2 rings (SSSR count). The molecule has 1 aliphatic carbocycles. The van der Waals surface area contributed by atoms with E-state index in [9.17, 15) is 19.2 Å². The van der Waals surface area contributed by atoms with Crippen LogP contribution in [-0.4, -0.2) is 25.1 Å². The van der Waals surface area contributed by atoms with E-state index in [0.717, 1.165) is 0 Å². The second-order valence-electron chi connectivity index (χ2n) is 5.39. The molecule has 2 atom stereocenters. The number of hydrogen-bond acceptors (Lipinski definition) is 7. The van der Waals surface area contributed by atoms with Gasteiger partial charge in [-0.25, -0.2) is 0 Å². The van der Waals surface area contributed by atoms with Gasteiger partial charge in [0, 0.05) is 0 Å². The number of esters is 2. The van der Waals surface area contributed by atoms with Crippen molar-refractivity contribution in [2.45, 2.75) is 37.7 Å². The first-order chi connectivity index (χ1) is 10.6. The van der Waals surface area contributed by atoms with Crippen molar-refractivity contribution in [2.24, 2.45) is 5.92 Å². The number of alkyl halides is 1. The average molecular weight is 434 g/mol. The summed E-state index contributed by atoms with van der Waals surface area (Å²) in [6, 6.07) is 0. The Hall–Kier alpha value is -1.71. The molecule has 7 nitrogen and oxygen atoms in total. The molecule has 1 saturated heterocycles.